The highest BCUT2D eigenvalue weighted by atomic mass is 16.5. The van der Waals surface area contributed by atoms with Gasteiger partial charge in [-0.3, -0.25) is 4.79 Å². The number of benzene rings is 2. The summed E-state index contributed by atoms with van der Waals surface area (Å²) in [7, 11) is 1.64. The lowest BCUT2D eigenvalue weighted by atomic mass is 9.94. The molecule has 0 saturated carbocycles. The molecule has 0 aromatic heterocycles. The Morgan fingerprint density at radius 2 is 1.95 bits per heavy atom. The van der Waals surface area contributed by atoms with Gasteiger partial charge in [-0.2, -0.15) is 0 Å². The Labute approximate surface area is 113 Å². The number of carbonyl (C=O) groups excluding carboxylic acids is 1. The zero-order chi connectivity index (χ0) is 13.8. The van der Waals surface area contributed by atoms with Crippen molar-refractivity contribution < 1.29 is 9.53 Å². The Morgan fingerprint density at radius 3 is 2.63 bits per heavy atom. The molecule has 0 heterocycles. The van der Waals surface area contributed by atoms with Crippen LogP contribution >= 0.6 is 0 Å². The number of methoxy groups -OCH3 is 1. The Bertz CT molecular complexity index is 627. The van der Waals surface area contributed by atoms with E-state index in [9.17, 15) is 4.79 Å². The molecule has 19 heavy (non-hydrogen) atoms. The van der Waals surface area contributed by atoms with E-state index < -0.39 is 0 Å². The summed E-state index contributed by atoms with van der Waals surface area (Å²) in [6.45, 7) is 5.49. The van der Waals surface area contributed by atoms with Gasteiger partial charge >= 0.3 is 0 Å². The van der Waals surface area contributed by atoms with Crippen molar-refractivity contribution in [1.29, 1.82) is 0 Å². The topological polar surface area (TPSA) is 26.3 Å². The molecule has 0 spiro atoms. The van der Waals surface area contributed by atoms with Gasteiger partial charge in [0.1, 0.15) is 5.75 Å². The molecule has 0 N–H and O–H groups in total. The molecule has 0 aliphatic carbocycles. The van der Waals surface area contributed by atoms with E-state index in [-0.39, 0.29) is 5.78 Å². The van der Waals surface area contributed by atoms with Crippen LogP contribution in [0, 0.1) is 6.92 Å². The van der Waals surface area contributed by atoms with Gasteiger partial charge < -0.3 is 4.74 Å². The van der Waals surface area contributed by atoms with E-state index in [4.69, 9.17) is 4.74 Å². The van der Waals surface area contributed by atoms with Gasteiger partial charge in [0.2, 0.25) is 0 Å². The summed E-state index contributed by atoms with van der Waals surface area (Å²) in [6, 6.07) is 13.5. The van der Waals surface area contributed by atoms with Gasteiger partial charge in [-0.15, -0.1) is 0 Å². The van der Waals surface area contributed by atoms with Crippen LogP contribution in [-0.2, 0) is 0 Å². The number of carbonyl (C=O) groups is 1. The van der Waals surface area contributed by atoms with Crippen molar-refractivity contribution in [2.75, 3.05) is 7.11 Å². The van der Waals surface area contributed by atoms with Crippen molar-refractivity contribution in [2.45, 2.75) is 6.92 Å². The van der Waals surface area contributed by atoms with Crippen LogP contribution in [0.1, 0.15) is 15.9 Å². The Hall–Kier alpha value is -2.35. The Balaban J connectivity index is 2.56. The predicted octanol–water partition coefficient (Wildman–Crippen LogP) is 4.04. The van der Waals surface area contributed by atoms with Crippen LogP contribution in [0.2, 0.25) is 0 Å². The van der Waals surface area contributed by atoms with Crippen molar-refractivity contribution in [3.63, 3.8) is 0 Å². The fourth-order valence-electron chi connectivity index (χ4n) is 2.12. The summed E-state index contributed by atoms with van der Waals surface area (Å²) in [5.41, 5.74) is 3.72. The molecule has 2 aromatic rings. The third-order valence-electron chi connectivity index (χ3n) is 3.17. The molecule has 2 rings (SSSR count). The highest BCUT2D eigenvalue weighted by Gasteiger charge is 2.10. The van der Waals surface area contributed by atoms with Gasteiger partial charge in [-0.1, -0.05) is 36.9 Å². The van der Waals surface area contributed by atoms with Crippen molar-refractivity contribution in [2.24, 2.45) is 0 Å². The molecule has 0 amide bonds. The Morgan fingerprint density at radius 1 is 1.21 bits per heavy atom. The van der Waals surface area contributed by atoms with Crippen LogP contribution in [0.3, 0.4) is 0 Å². The van der Waals surface area contributed by atoms with Crippen LogP contribution < -0.4 is 4.74 Å². The van der Waals surface area contributed by atoms with Crippen LogP contribution in [0.15, 0.2) is 55.1 Å². The molecule has 0 atom stereocenters. The number of hydrogen-bond donors (Lipinski definition) is 0. The van der Waals surface area contributed by atoms with Crippen molar-refractivity contribution in [1.82, 2.24) is 0 Å². The van der Waals surface area contributed by atoms with E-state index in [0.29, 0.717) is 5.56 Å². The zero-order valence-electron chi connectivity index (χ0n) is 11.1. The van der Waals surface area contributed by atoms with Crippen LogP contribution in [0.5, 0.6) is 5.75 Å². The van der Waals surface area contributed by atoms with E-state index in [1.165, 1.54) is 6.08 Å². The highest BCUT2D eigenvalue weighted by molar-refractivity contribution is 6.06. The second kappa shape index (κ2) is 5.53. The van der Waals surface area contributed by atoms with Crippen LogP contribution in [0.4, 0.5) is 0 Å². The molecule has 2 aromatic carbocycles. The van der Waals surface area contributed by atoms with Crippen LogP contribution in [0.25, 0.3) is 11.1 Å². The van der Waals surface area contributed by atoms with E-state index in [0.717, 1.165) is 22.4 Å². The quantitative estimate of drug-likeness (QED) is 0.606. The van der Waals surface area contributed by atoms with Crippen LogP contribution in [-0.4, -0.2) is 12.9 Å². The summed E-state index contributed by atoms with van der Waals surface area (Å²) >= 11 is 0. The molecule has 0 saturated heterocycles. The fraction of sp³-hybridized carbons (Fsp3) is 0.118. The average Bonchev–Trinajstić information content (AvgIpc) is 2.46. The van der Waals surface area contributed by atoms with E-state index in [1.54, 1.807) is 7.11 Å². The molecule has 0 aliphatic heterocycles. The average molecular weight is 252 g/mol. The molecule has 0 aliphatic rings. The third-order valence-corrected chi connectivity index (χ3v) is 3.17. The molecule has 2 nitrogen and oxygen atoms in total. The Kier molecular flexibility index (Phi) is 3.81. The molecule has 0 fully saturated rings. The van der Waals surface area contributed by atoms with Crippen molar-refractivity contribution in [3.8, 4) is 16.9 Å². The maximum absolute atomic E-state index is 11.8. The second-order valence-electron chi connectivity index (χ2n) is 4.28. The predicted molar refractivity (Wildman–Crippen MR) is 77.7 cm³/mol. The molecule has 0 bridgehead atoms. The van der Waals surface area contributed by atoms with Crippen molar-refractivity contribution >= 4 is 5.78 Å². The molecule has 96 valence electrons. The largest absolute Gasteiger partial charge is 0.497 e. The number of allylic oxidation sites excluding steroid dienone is 1. The summed E-state index contributed by atoms with van der Waals surface area (Å²) in [4.78, 5) is 11.8. The van der Waals surface area contributed by atoms with Crippen molar-refractivity contribution in [3.05, 3.63) is 66.2 Å². The first-order valence-corrected chi connectivity index (χ1v) is 6.08. The van der Waals surface area contributed by atoms with Gasteiger partial charge in [0, 0.05) is 5.56 Å². The van der Waals surface area contributed by atoms with Gasteiger partial charge in [0.15, 0.2) is 5.78 Å². The van der Waals surface area contributed by atoms with E-state index in [1.807, 2.05) is 49.4 Å². The van der Waals surface area contributed by atoms with Gasteiger partial charge in [-0.05, 0) is 41.8 Å². The molecular formula is C17H16O2. The minimum absolute atomic E-state index is 0.0535. The monoisotopic (exact) mass is 252 g/mol. The third kappa shape index (κ3) is 2.58. The van der Waals surface area contributed by atoms with E-state index in [2.05, 4.69) is 6.58 Å². The number of ketones is 1. The number of ether oxygens (including phenoxy) is 1. The maximum Gasteiger partial charge on any atom is 0.185 e. The lowest BCUT2D eigenvalue weighted by Gasteiger charge is -2.10. The summed E-state index contributed by atoms with van der Waals surface area (Å²) in [6.07, 6.45) is 1.34. The first-order valence-electron chi connectivity index (χ1n) is 6.08. The van der Waals surface area contributed by atoms with Gasteiger partial charge in [0.05, 0.1) is 7.11 Å². The standard InChI is InChI=1S/C17H16O2/c1-4-17(18)16-10-6-9-15(12(16)2)13-7-5-8-14(11-13)19-3/h4-11H,1H2,2-3H3. The summed E-state index contributed by atoms with van der Waals surface area (Å²) in [5, 5.41) is 0. The number of rotatable bonds is 4. The van der Waals surface area contributed by atoms with Gasteiger partial charge in [-0.25, -0.2) is 0 Å². The molecule has 2 heteroatoms. The highest BCUT2D eigenvalue weighted by Crippen LogP contribution is 2.28. The smallest absolute Gasteiger partial charge is 0.185 e. The van der Waals surface area contributed by atoms with E-state index >= 15 is 0 Å². The number of hydrogen-bond acceptors (Lipinski definition) is 2. The molecular weight excluding hydrogens is 236 g/mol. The maximum atomic E-state index is 11.8. The minimum Gasteiger partial charge on any atom is -0.497 e. The zero-order valence-corrected chi connectivity index (χ0v) is 11.1. The molecule has 0 radical (unpaired) electrons. The first-order chi connectivity index (χ1) is 9.17. The second-order valence-corrected chi connectivity index (χ2v) is 4.28. The minimum atomic E-state index is -0.0535. The summed E-state index contributed by atoms with van der Waals surface area (Å²) in [5.74, 6) is 0.750. The normalized spacial score (nSPS) is 10.0. The molecule has 0 unspecified atom stereocenters. The first kappa shape index (κ1) is 13.1. The SMILES string of the molecule is C=CC(=O)c1cccc(-c2cccc(OC)c2)c1C. The lowest BCUT2D eigenvalue weighted by molar-refractivity contribution is 0.104. The fourth-order valence-corrected chi connectivity index (χ4v) is 2.12. The summed E-state index contributed by atoms with van der Waals surface area (Å²) < 4.78 is 5.23. The lowest BCUT2D eigenvalue weighted by Crippen LogP contribution is -1.99. The van der Waals surface area contributed by atoms with Gasteiger partial charge in [0.25, 0.3) is 0 Å².